The van der Waals surface area contributed by atoms with Crippen LogP contribution in [0.2, 0.25) is 5.02 Å². The zero-order valence-electron chi connectivity index (χ0n) is 19.6. The second-order valence-electron chi connectivity index (χ2n) is 8.38. The molecule has 0 aliphatic rings. The number of hydrogen-bond donors (Lipinski definition) is 2. The maximum absolute atomic E-state index is 13.5. The van der Waals surface area contributed by atoms with Crippen LogP contribution in [0.4, 0.5) is 5.69 Å². The van der Waals surface area contributed by atoms with Crippen molar-refractivity contribution < 1.29 is 17.9 Å². The van der Waals surface area contributed by atoms with Crippen LogP contribution in [0.3, 0.4) is 0 Å². The molecule has 0 spiro atoms. The van der Waals surface area contributed by atoms with Crippen molar-refractivity contribution >= 4 is 33.2 Å². The quantitative estimate of drug-likeness (QED) is 0.417. The maximum atomic E-state index is 13.5. The molecule has 180 valence electrons. The minimum atomic E-state index is -4.10. The van der Waals surface area contributed by atoms with Crippen LogP contribution in [-0.4, -0.2) is 27.5 Å². The van der Waals surface area contributed by atoms with E-state index in [0.717, 1.165) is 16.7 Å². The number of halogens is 1. The fourth-order valence-corrected chi connectivity index (χ4v) is 5.07. The first-order valence-electron chi connectivity index (χ1n) is 10.9. The Morgan fingerprint density at radius 1 is 1.03 bits per heavy atom. The zero-order valence-corrected chi connectivity index (χ0v) is 21.2. The monoisotopic (exact) mass is 500 g/mol. The van der Waals surface area contributed by atoms with Gasteiger partial charge in [-0.25, -0.2) is 8.42 Å². The van der Waals surface area contributed by atoms with Crippen LogP contribution in [0.1, 0.15) is 36.5 Å². The number of anilines is 1. The molecule has 0 aliphatic heterocycles. The van der Waals surface area contributed by atoms with Gasteiger partial charge in [0, 0.05) is 10.7 Å². The molecule has 0 aliphatic carbocycles. The van der Waals surface area contributed by atoms with Gasteiger partial charge >= 0.3 is 0 Å². The molecule has 3 aromatic carbocycles. The topological polar surface area (TPSA) is 84.5 Å². The Hall–Kier alpha value is -2.87. The Labute approximate surface area is 206 Å². The van der Waals surface area contributed by atoms with Crippen molar-refractivity contribution in [1.82, 2.24) is 4.72 Å². The Bertz CT molecular complexity index is 1260. The fourth-order valence-electron chi connectivity index (χ4n) is 3.50. The number of carbonyl (C=O) groups excluding carboxylic acids is 1. The summed E-state index contributed by atoms with van der Waals surface area (Å²) in [6, 6.07) is 18.4. The summed E-state index contributed by atoms with van der Waals surface area (Å²) in [7, 11) is -2.68. The molecule has 0 saturated heterocycles. The Morgan fingerprint density at radius 2 is 1.74 bits per heavy atom. The average molecular weight is 501 g/mol. The number of rotatable bonds is 9. The molecule has 0 heterocycles. The molecule has 1 atom stereocenters. The first-order valence-corrected chi connectivity index (χ1v) is 12.8. The molecule has 34 heavy (non-hydrogen) atoms. The van der Waals surface area contributed by atoms with Crippen molar-refractivity contribution in [2.75, 3.05) is 12.4 Å². The van der Waals surface area contributed by atoms with Gasteiger partial charge in [-0.1, -0.05) is 67.9 Å². The number of hydrogen-bond acceptors (Lipinski definition) is 4. The summed E-state index contributed by atoms with van der Waals surface area (Å²) >= 11 is 6.09. The van der Waals surface area contributed by atoms with Gasteiger partial charge in [0.05, 0.1) is 7.11 Å². The van der Waals surface area contributed by atoms with Crippen LogP contribution in [-0.2, 0) is 21.2 Å². The molecular formula is C26H29ClN2O4S. The van der Waals surface area contributed by atoms with E-state index in [1.807, 2.05) is 57.2 Å². The highest BCUT2D eigenvalue weighted by molar-refractivity contribution is 7.89. The summed E-state index contributed by atoms with van der Waals surface area (Å²) in [6.07, 6.45) is 0.164. The van der Waals surface area contributed by atoms with E-state index in [9.17, 15) is 13.2 Å². The molecule has 8 heteroatoms. The number of benzene rings is 3. The molecule has 6 nitrogen and oxygen atoms in total. The molecule has 0 saturated carbocycles. The van der Waals surface area contributed by atoms with Crippen molar-refractivity contribution in [1.29, 1.82) is 0 Å². The third-order valence-corrected chi connectivity index (χ3v) is 7.23. The molecule has 0 bridgehead atoms. The fraction of sp³-hybridized carbons (Fsp3) is 0.269. The summed E-state index contributed by atoms with van der Waals surface area (Å²) in [6.45, 7) is 5.79. The molecule has 1 unspecified atom stereocenters. The molecular weight excluding hydrogens is 472 g/mol. The van der Waals surface area contributed by atoms with E-state index in [0.29, 0.717) is 10.7 Å². The normalized spacial score (nSPS) is 12.4. The number of amides is 1. The van der Waals surface area contributed by atoms with Crippen molar-refractivity contribution in [3.63, 3.8) is 0 Å². The van der Waals surface area contributed by atoms with E-state index in [-0.39, 0.29) is 23.0 Å². The minimum Gasteiger partial charge on any atom is -0.495 e. The van der Waals surface area contributed by atoms with Gasteiger partial charge in [-0.3, -0.25) is 4.79 Å². The van der Waals surface area contributed by atoms with E-state index < -0.39 is 22.0 Å². The number of ether oxygens (including phenoxy) is 1. The number of nitrogens with one attached hydrogen (secondary N) is 2. The van der Waals surface area contributed by atoms with Gasteiger partial charge in [0.25, 0.3) is 0 Å². The second-order valence-corrected chi connectivity index (χ2v) is 10.5. The van der Waals surface area contributed by atoms with E-state index >= 15 is 0 Å². The summed E-state index contributed by atoms with van der Waals surface area (Å²) in [5, 5.41) is 3.29. The van der Waals surface area contributed by atoms with Gasteiger partial charge in [-0.2, -0.15) is 4.72 Å². The molecule has 3 aromatic rings. The van der Waals surface area contributed by atoms with Crippen LogP contribution in [0.5, 0.6) is 5.75 Å². The maximum Gasteiger partial charge on any atom is 0.245 e. The van der Waals surface area contributed by atoms with Crippen LogP contribution in [0.15, 0.2) is 71.6 Å². The third kappa shape index (κ3) is 6.38. The van der Waals surface area contributed by atoms with Gasteiger partial charge in [0.2, 0.25) is 15.9 Å². The first-order chi connectivity index (χ1) is 16.1. The number of methoxy groups -OCH3 is 1. The number of carbonyl (C=O) groups is 1. The van der Waals surface area contributed by atoms with Crippen LogP contribution in [0.25, 0.3) is 0 Å². The van der Waals surface area contributed by atoms with Gasteiger partial charge in [-0.15, -0.1) is 0 Å². The lowest BCUT2D eigenvalue weighted by Gasteiger charge is -2.21. The molecule has 2 N–H and O–H groups in total. The smallest absolute Gasteiger partial charge is 0.245 e. The Morgan fingerprint density at radius 3 is 2.38 bits per heavy atom. The standard InChI is InChI=1S/C26H29ClN2O4S/c1-17(2)20-11-13-24(33-4)25(15-20)34(31,32)29-23(14-19-8-6-5-7-9-19)26(30)28-22-16-21(27)12-10-18(22)3/h5-13,15-17,23,29H,14H2,1-4H3,(H,28,30). The van der Waals surface area contributed by atoms with Crippen LogP contribution >= 0.6 is 11.6 Å². The summed E-state index contributed by atoms with van der Waals surface area (Å²) in [5.74, 6) is -0.160. The molecule has 0 aromatic heterocycles. The molecule has 0 radical (unpaired) electrons. The SMILES string of the molecule is COc1ccc(C(C)C)cc1S(=O)(=O)NC(Cc1ccccc1)C(=O)Nc1cc(Cl)ccc1C. The van der Waals surface area contributed by atoms with Gasteiger partial charge < -0.3 is 10.1 Å². The van der Waals surface area contributed by atoms with Gasteiger partial charge in [0.1, 0.15) is 16.7 Å². The lowest BCUT2D eigenvalue weighted by Crippen LogP contribution is -2.45. The summed E-state index contributed by atoms with van der Waals surface area (Å²) in [5.41, 5.74) is 3.00. The number of aryl methyl sites for hydroxylation is 1. The first kappa shape index (κ1) is 25.7. The predicted molar refractivity (Wildman–Crippen MR) is 136 cm³/mol. The number of sulfonamides is 1. The summed E-state index contributed by atoms with van der Waals surface area (Å²) in [4.78, 5) is 13.3. The zero-order chi connectivity index (χ0) is 24.9. The van der Waals surface area contributed by atoms with Crippen molar-refractivity contribution in [3.8, 4) is 5.75 Å². The highest BCUT2D eigenvalue weighted by atomic mass is 35.5. The lowest BCUT2D eigenvalue weighted by molar-refractivity contribution is -0.117. The highest BCUT2D eigenvalue weighted by Crippen LogP contribution is 2.28. The van der Waals surface area contributed by atoms with Gasteiger partial charge in [-0.05, 0) is 60.2 Å². The van der Waals surface area contributed by atoms with Crippen molar-refractivity contribution in [3.05, 3.63) is 88.4 Å². The van der Waals surface area contributed by atoms with Crippen LogP contribution < -0.4 is 14.8 Å². The van der Waals surface area contributed by atoms with Crippen molar-refractivity contribution in [2.45, 2.75) is 44.0 Å². The van der Waals surface area contributed by atoms with E-state index in [2.05, 4.69) is 10.0 Å². The molecule has 0 fully saturated rings. The highest BCUT2D eigenvalue weighted by Gasteiger charge is 2.29. The second kappa shape index (κ2) is 11.0. The lowest BCUT2D eigenvalue weighted by atomic mass is 10.0. The van der Waals surface area contributed by atoms with Crippen molar-refractivity contribution in [2.24, 2.45) is 0 Å². The average Bonchev–Trinajstić information content (AvgIpc) is 2.81. The molecule has 1 amide bonds. The van der Waals surface area contributed by atoms with E-state index in [1.54, 1.807) is 30.3 Å². The predicted octanol–water partition coefficient (Wildman–Crippen LogP) is 5.31. The minimum absolute atomic E-state index is 0.00834. The van der Waals surface area contributed by atoms with E-state index in [1.165, 1.54) is 7.11 Å². The Kier molecular flexibility index (Phi) is 8.36. The Balaban J connectivity index is 1.97. The van der Waals surface area contributed by atoms with Crippen LogP contribution in [0, 0.1) is 6.92 Å². The third-order valence-electron chi connectivity index (χ3n) is 5.50. The summed E-state index contributed by atoms with van der Waals surface area (Å²) < 4.78 is 34.9. The van der Waals surface area contributed by atoms with E-state index in [4.69, 9.17) is 16.3 Å². The van der Waals surface area contributed by atoms with Gasteiger partial charge in [0.15, 0.2) is 0 Å². The largest absolute Gasteiger partial charge is 0.495 e. The molecule has 3 rings (SSSR count).